The summed E-state index contributed by atoms with van der Waals surface area (Å²) >= 11 is 1.57. The fourth-order valence-corrected chi connectivity index (χ4v) is 5.06. The normalized spacial score (nSPS) is 18.1. The molecule has 0 radical (unpaired) electrons. The van der Waals surface area contributed by atoms with Crippen molar-refractivity contribution in [3.63, 3.8) is 0 Å². The molecule has 3 heterocycles. The van der Waals surface area contributed by atoms with Gasteiger partial charge in [-0.05, 0) is 30.5 Å². The molecule has 1 fully saturated rings. The monoisotopic (exact) mass is 433 g/mol. The van der Waals surface area contributed by atoms with Crippen molar-refractivity contribution in [2.45, 2.75) is 30.6 Å². The molecule has 0 saturated carbocycles. The molecule has 31 heavy (non-hydrogen) atoms. The number of ether oxygens (including phenoxy) is 1. The van der Waals surface area contributed by atoms with Crippen molar-refractivity contribution in [1.29, 1.82) is 0 Å². The lowest BCUT2D eigenvalue weighted by atomic mass is 10.1. The fourth-order valence-electron chi connectivity index (χ4n) is 4.15. The predicted molar refractivity (Wildman–Crippen MR) is 119 cm³/mol. The van der Waals surface area contributed by atoms with E-state index in [2.05, 4.69) is 21.7 Å². The zero-order chi connectivity index (χ0) is 21.2. The first-order valence-corrected chi connectivity index (χ1v) is 11.5. The van der Waals surface area contributed by atoms with Crippen molar-refractivity contribution in [2.24, 2.45) is 0 Å². The van der Waals surface area contributed by atoms with Gasteiger partial charge in [0.2, 0.25) is 0 Å². The van der Waals surface area contributed by atoms with Gasteiger partial charge in [-0.1, -0.05) is 54.2 Å². The van der Waals surface area contributed by atoms with Gasteiger partial charge >= 0.3 is 0 Å². The molecule has 2 aromatic carbocycles. The largest absolute Gasteiger partial charge is 0.376 e. The summed E-state index contributed by atoms with van der Waals surface area (Å²) in [6.07, 6.45) is 4.22. The summed E-state index contributed by atoms with van der Waals surface area (Å²) in [6.45, 7) is 1.91. The van der Waals surface area contributed by atoms with E-state index in [1.807, 2.05) is 24.4 Å². The van der Waals surface area contributed by atoms with Gasteiger partial charge in [0.15, 0.2) is 5.16 Å². The first-order chi connectivity index (χ1) is 15.2. The molecule has 2 aliphatic rings. The topological polar surface area (TPSA) is 64.4 Å². The van der Waals surface area contributed by atoms with Gasteiger partial charge in [-0.2, -0.15) is 0 Å². The highest BCUT2D eigenvalue weighted by atomic mass is 32.2. The van der Waals surface area contributed by atoms with Crippen LogP contribution in [0.3, 0.4) is 0 Å². The fraction of sp³-hybridized carbons (Fsp3) is 0.292. The summed E-state index contributed by atoms with van der Waals surface area (Å²) < 4.78 is 8.07. The molecule has 2 amide bonds. The highest BCUT2D eigenvalue weighted by Crippen LogP contribution is 2.29. The number of hydrogen-bond acceptors (Lipinski definition) is 5. The molecular weight excluding hydrogens is 410 g/mol. The lowest BCUT2D eigenvalue weighted by Crippen LogP contribution is -2.31. The Morgan fingerprint density at radius 1 is 1.00 bits per heavy atom. The van der Waals surface area contributed by atoms with Gasteiger partial charge in [-0.15, -0.1) is 0 Å². The Bertz CT molecular complexity index is 1070. The first-order valence-electron chi connectivity index (χ1n) is 10.5. The van der Waals surface area contributed by atoms with Crippen molar-refractivity contribution in [3.05, 3.63) is 71.9 Å². The number of nitrogens with zero attached hydrogens (tertiary/aromatic N) is 3. The van der Waals surface area contributed by atoms with E-state index in [9.17, 15) is 9.59 Å². The molecule has 0 aliphatic carbocycles. The smallest absolute Gasteiger partial charge is 0.261 e. The van der Waals surface area contributed by atoms with Gasteiger partial charge in [0, 0.05) is 18.9 Å². The van der Waals surface area contributed by atoms with Gasteiger partial charge in [0.25, 0.3) is 11.8 Å². The van der Waals surface area contributed by atoms with E-state index in [-0.39, 0.29) is 17.9 Å². The maximum Gasteiger partial charge on any atom is 0.261 e. The van der Waals surface area contributed by atoms with Crippen LogP contribution in [0.25, 0.3) is 11.3 Å². The van der Waals surface area contributed by atoms with E-state index >= 15 is 0 Å². The van der Waals surface area contributed by atoms with E-state index in [1.165, 1.54) is 4.90 Å². The minimum absolute atomic E-state index is 0.187. The van der Waals surface area contributed by atoms with Crippen LogP contribution in [0.2, 0.25) is 0 Å². The highest BCUT2D eigenvalue weighted by Gasteiger charge is 2.34. The Balaban J connectivity index is 1.32. The van der Waals surface area contributed by atoms with Gasteiger partial charge in [0.1, 0.15) is 0 Å². The quantitative estimate of drug-likeness (QED) is 0.414. The third-order valence-electron chi connectivity index (χ3n) is 5.72. The number of hydrogen-bond donors (Lipinski definition) is 0. The van der Waals surface area contributed by atoms with Gasteiger partial charge in [-0.25, -0.2) is 4.98 Å². The molecule has 0 N–H and O–H groups in total. The summed E-state index contributed by atoms with van der Waals surface area (Å²) in [5.74, 6) is 0.158. The van der Waals surface area contributed by atoms with Crippen LogP contribution in [0.1, 0.15) is 33.6 Å². The maximum atomic E-state index is 12.6. The number of aromatic nitrogens is 2. The van der Waals surface area contributed by atoms with Gasteiger partial charge in [0.05, 0.1) is 35.7 Å². The summed E-state index contributed by atoms with van der Waals surface area (Å²) in [7, 11) is 0. The third kappa shape index (κ3) is 3.91. The molecule has 1 unspecified atom stereocenters. The molecule has 1 aromatic heterocycles. The van der Waals surface area contributed by atoms with E-state index in [1.54, 1.807) is 36.0 Å². The van der Waals surface area contributed by atoms with Gasteiger partial charge < -0.3 is 9.30 Å². The third-order valence-corrected chi connectivity index (χ3v) is 6.69. The summed E-state index contributed by atoms with van der Waals surface area (Å²) in [6, 6.07) is 17.2. The van der Waals surface area contributed by atoms with Crippen LogP contribution >= 0.6 is 11.8 Å². The standard InChI is InChI=1S/C24H23N3O3S/c28-22-19-10-4-5-11-20(19)23(29)26(22)12-14-31-24-25-15-21(17-7-2-1-3-8-17)27(24)16-18-9-6-13-30-18/h1-5,7-8,10-11,15,18H,6,9,12-14,16H2. The van der Waals surface area contributed by atoms with E-state index in [0.29, 0.717) is 23.4 Å². The minimum atomic E-state index is -0.214. The summed E-state index contributed by atoms with van der Waals surface area (Å²) in [4.78, 5) is 31.2. The van der Waals surface area contributed by atoms with Crippen LogP contribution in [-0.2, 0) is 11.3 Å². The number of thioether (sulfide) groups is 1. The van der Waals surface area contributed by atoms with Crippen LogP contribution < -0.4 is 0 Å². The molecule has 0 bridgehead atoms. The Morgan fingerprint density at radius 3 is 2.39 bits per heavy atom. The number of imidazole rings is 1. The number of carbonyl (C=O) groups is 2. The number of benzene rings is 2. The molecule has 0 spiro atoms. The summed E-state index contributed by atoms with van der Waals surface area (Å²) in [5, 5.41) is 0.881. The molecule has 1 atom stereocenters. The van der Waals surface area contributed by atoms with Crippen molar-refractivity contribution in [1.82, 2.24) is 14.5 Å². The number of fused-ring (bicyclic) bond motifs is 1. The van der Waals surface area contributed by atoms with Crippen molar-refractivity contribution >= 4 is 23.6 Å². The van der Waals surface area contributed by atoms with Gasteiger partial charge in [-0.3, -0.25) is 14.5 Å². The number of carbonyl (C=O) groups excluding carboxylic acids is 2. The molecule has 7 heteroatoms. The van der Waals surface area contributed by atoms with Crippen molar-refractivity contribution in [2.75, 3.05) is 18.9 Å². The molecule has 5 rings (SSSR count). The molecule has 158 valence electrons. The second kappa shape index (κ2) is 8.69. The maximum absolute atomic E-state index is 12.6. The van der Waals surface area contributed by atoms with Crippen molar-refractivity contribution < 1.29 is 14.3 Å². The molecular formula is C24H23N3O3S. The lowest BCUT2D eigenvalue weighted by Gasteiger charge is -2.17. The van der Waals surface area contributed by atoms with Crippen LogP contribution in [0, 0.1) is 0 Å². The zero-order valence-corrected chi connectivity index (χ0v) is 17.9. The molecule has 6 nitrogen and oxygen atoms in total. The second-order valence-corrected chi connectivity index (χ2v) is 8.76. The van der Waals surface area contributed by atoms with E-state index < -0.39 is 0 Å². The van der Waals surface area contributed by atoms with Crippen LogP contribution in [0.15, 0.2) is 66.0 Å². The summed E-state index contributed by atoms with van der Waals surface area (Å²) in [5.41, 5.74) is 3.15. The second-order valence-electron chi connectivity index (χ2n) is 7.69. The average Bonchev–Trinajstić information content (AvgIpc) is 3.52. The van der Waals surface area contributed by atoms with Crippen LogP contribution in [0.5, 0.6) is 0 Å². The Labute approximate surface area is 185 Å². The highest BCUT2D eigenvalue weighted by molar-refractivity contribution is 7.99. The number of rotatable bonds is 7. The predicted octanol–water partition coefficient (Wildman–Crippen LogP) is 4.12. The number of imide groups is 1. The van der Waals surface area contributed by atoms with Crippen molar-refractivity contribution in [3.8, 4) is 11.3 Å². The Hall–Kier alpha value is -2.90. The first kappa shape index (κ1) is 20.0. The van der Waals surface area contributed by atoms with E-state index in [4.69, 9.17) is 4.74 Å². The SMILES string of the molecule is O=C1c2ccccc2C(=O)N1CCSc1ncc(-c2ccccc2)n1CC1CCCO1. The molecule has 3 aromatic rings. The van der Waals surface area contributed by atoms with Crippen LogP contribution in [0.4, 0.5) is 0 Å². The molecule has 1 saturated heterocycles. The Morgan fingerprint density at radius 2 is 1.71 bits per heavy atom. The molecule has 2 aliphatic heterocycles. The lowest BCUT2D eigenvalue weighted by molar-refractivity contribution is 0.0664. The Kier molecular flexibility index (Phi) is 5.61. The zero-order valence-electron chi connectivity index (χ0n) is 17.1. The number of amides is 2. The minimum Gasteiger partial charge on any atom is -0.376 e. The van der Waals surface area contributed by atoms with Crippen LogP contribution in [-0.4, -0.2) is 51.3 Å². The average molecular weight is 434 g/mol. The van der Waals surface area contributed by atoms with E-state index in [0.717, 1.165) is 42.4 Å².